The monoisotopic (exact) mass is 453 g/mol. The number of benzene rings is 2. The molecule has 0 aromatic heterocycles. The summed E-state index contributed by atoms with van der Waals surface area (Å²) in [4.78, 5) is 12.4. The molecule has 136 valence electrons. The van der Waals surface area contributed by atoms with Crippen molar-refractivity contribution < 1.29 is 47.9 Å². The van der Waals surface area contributed by atoms with Crippen LogP contribution in [0.2, 0.25) is 15.1 Å². The van der Waals surface area contributed by atoms with Gasteiger partial charge < -0.3 is 10.4 Å². The van der Waals surface area contributed by atoms with Gasteiger partial charge in [0.1, 0.15) is 0 Å². The normalized spacial score (nSPS) is 15.4. The zero-order chi connectivity index (χ0) is 19.1. The molecule has 1 heterocycles. The predicted octanol–water partition coefficient (Wildman–Crippen LogP) is 0.538. The Bertz CT molecular complexity index is 1050. The molecule has 3 rings (SSSR count). The van der Waals surface area contributed by atoms with Gasteiger partial charge in [-0.3, -0.25) is 4.79 Å². The van der Waals surface area contributed by atoms with Gasteiger partial charge in [-0.25, -0.2) is 8.42 Å². The van der Waals surface area contributed by atoms with E-state index in [0.717, 1.165) is 0 Å². The minimum atomic E-state index is -3.70. The summed E-state index contributed by atoms with van der Waals surface area (Å²) >= 11 is 17.6. The van der Waals surface area contributed by atoms with Gasteiger partial charge >= 0.3 is 29.6 Å². The zero-order valence-corrected chi connectivity index (χ0v) is 19.1. The summed E-state index contributed by atoms with van der Waals surface area (Å²) in [5.74, 6) is -1.71. The Labute approximate surface area is 193 Å². The Hall–Kier alpha value is -0.730. The van der Waals surface area contributed by atoms with Crippen LogP contribution in [-0.2, 0) is 14.6 Å². The van der Waals surface area contributed by atoms with E-state index < -0.39 is 21.5 Å². The third kappa shape index (κ3) is 4.82. The van der Waals surface area contributed by atoms with Crippen molar-refractivity contribution in [3.8, 4) is 0 Å². The van der Waals surface area contributed by atoms with E-state index in [1.54, 1.807) is 0 Å². The van der Waals surface area contributed by atoms with Crippen molar-refractivity contribution in [2.45, 2.75) is 11.3 Å². The summed E-state index contributed by atoms with van der Waals surface area (Å²) in [7, 11) is -3.70. The third-order valence-electron chi connectivity index (χ3n) is 3.87. The maximum absolute atomic E-state index is 12.8. The van der Waals surface area contributed by atoms with E-state index in [1.807, 2.05) is 0 Å². The van der Waals surface area contributed by atoms with Gasteiger partial charge in [0.2, 0.25) is 0 Å². The molecule has 2 aromatic rings. The summed E-state index contributed by atoms with van der Waals surface area (Å²) in [5.41, 5.74) is 0.0677. The number of hydrogen-bond acceptors (Lipinski definition) is 4. The average molecular weight is 455 g/mol. The topological polar surface area (TPSA) is 86.3 Å². The fraction of sp³-hybridized carbons (Fsp3) is 0.118. The van der Waals surface area contributed by atoms with Crippen molar-refractivity contribution in [3.63, 3.8) is 0 Å². The number of hydrogen-bond donors (Lipinski definition) is 1. The van der Waals surface area contributed by atoms with E-state index in [-0.39, 0.29) is 67.8 Å². The summed E-state index contributed by atoms with van der Waals surface area (Å²) < 4.78 is 24.8. The molecule has 0 radical (unpaired) electrons. The zero-order valence-electron chi connectivity index (χ0n) is 14.1. The predicted molar refractivity (Wildman–Crippen MR) is 100 cm³/mol. The first-order valence-electron chi connectivity index (χ1n) is 7.38. The summed E-state index contributed by atoms with van der Waals surface area (Å²) in [6.45, 7) is 0. The first kappa shape index (κ1) is 22.6. The van der Waals surface area contributed by atoms with Gasteiger partial charge in [-0.1, -0.05) is 40.6 Å². The first-order valence-corrected chi connectivity index (χ1v) is 10.2. The quantitative estimate of drug-likeness (QED) is 0.671. The second kappa shape index (κ2) is 8.74. The molecule has 0 unspecified atom stereocenters. The van der Waals surface area contributed by atoms with E-state index >= 15 is 0 Å². The van der Waals surface area contributed by atoms with Crippen molar-refractivity contribution in [2.75, 3.05) is 11.1 Å². The van der Waals surface area contributed by atoms with Crippen molar-refractivity contribution >= 4 is 62.0 Å². The van der Waals surface area contributed by atoms with Crippen LogP contribution in [0.5, 0.6) is 0 Å². The van der Waals surface area contributed by atoms with E-state index in [2.05, 4.69) is 5.32 Å². The van der Waals surface area contributed by atoms with Gasteiger partial charge in [0.25, 0.3) is 5.91 Å². The molecule has 1 N–H and O–H groups in total. The van der Waals surface area contributed by atoms with Gasteiger partial charge in [0.15, 0.2) is 9.84 Å². The third-order valence-corrected chi connectivity index (χ3v) is 6.61. The Morgan fingerprint density at radius 3 is 2.41 bits per heavy atom. The number of sulfone groups is 1. The molecule has 0 atom stereocenters. The molecule has 1 aliphatic rings. The largest absolute Gasteiger partial charge is 1.00 e. The van der Waals surface area contributed by atoms with Crippen molar-refractivity contribution in [3.05, 3.63) is 62.6 Å². The maximum Gasteiger partial charge on any atom is 1.00 e. The number of carbonyl (C=O) groups excluding carboxylic acids is 1. The van der Waals surface area contributed by atoms with E-state index in [1.165, 1.54) is 36.4 Å². The van der Waals surface area contributed by atoms with Crippen LogP contribution < -0.4 is 40.0 Å². The molecule has 27 heavy (non-hydrogen) atoms. The van der Waals surface area contributed by atoms with Gasteiger partial charge in [-0.05, 0) is 48.4 Å². The minimum absolute atomic E-state index is 0. The fourth-order valence-corrected chi connectivity index (χ4v) is 4.50. The molecule has 1 amide bonds. The Kier molecular flexibility index (Phi) is 7.30. The van der Waals surface area contributed by atoms with Crippen LogP contribution in [0.3, 0.4) is 0 Å². The van der Waals surface area contributed by atoms with Gasteiger partial charge in [0.05, 0.1) is 20.7 Å². The molecule has 0 aliphatic carbocycles. The van der Waals surface area contributed by atoms with Crippen LogP contribution in [0, 0.1) is 0 Å². The van der Waals surface area contributed by atoms with Crippen molar-refractivity contribution in [1.82, 2.24) is 0 Å². The van der Waals surface area contributed by atoms with E-state index in [0.29, 0.717) is 10.7 Å². The van der Waals surface area contributed by atoms with Crippen LogP contribution in [0.15, 0.2) is 46.9 Å². The number of nitrogens with one attached hydrogen (secondary N) is 1. The maximum atomic E-state index is 12.8. The molecule has 0 saturated heterocycles. The molecule has 0 fully saturated rings. The van der Waals surface area contributed by atoms with Crippen LogP contribution in [-0.4, -0.2) is 20.1 Å². The molecule has 0 saturated carbocycles. The number of rotatable bonds is 2. The SMILES string of the molecule is O=C(Nc1ccc(Cl)c(Cl)c1)C1=C([O-])c2cc(Cl)ccc2S(=O)(=O)CC1.[Na+]. The van der Waals surface area contributed by atoms with Crippen LogP contribution in [0.25, 0.3) is 5.76 Å². The number of amides is 1. The molecular formula is C17H11Cl3NNaO4S. The summed E-state index contributed by atoms with van der Waals surface area (Å²) in [6, 6.07) is 8.39. The summed E-state index contributed by atoms with van der Waals surface area (Å²) in [5, 5.41) is 16.1. The second-order valence-corrected chi connectivity index (χ2v) is 8.93. The molecule has 1 aliphatic heterocycles. The van der Waals surface area contributed by atoms with Gasteiger partial charge in [0, 0.05) is 16.3 Å². The van der Waals surface area contributed by atoms with Crippen LogP contribution in [0.1, 0.15) is 12.0 Å². The molecule has 5 nitrogen and oxygen atoms in total. The van der Waals surface area contributed by atoms with Crippen LogP contribution >= 0.6 is 34.8 Å². The molecule has 0 spiro atoms. The first-order chi connectivity index (χ1) is 12.2. The van der Waals surface area contributed by atoms with E-state index in [9.17, 15) is 18.3 Å². The average Bonchev–Trinajstić information content (AvgIpc) is 2.66. The van der Waals surface area contributed by atoms with Crippen LogP contribution in [0.4, 0.5) is 5.69 Å². The van der Waals surface area contributed by atoms with Gasteiger partial charge in [-0.2, -0.15) is 0 Å². The standard InChI is InChI=1S/C17H12Cl3NO4S.Na/c18-9-1-4-15-12(7-9)16(22)11(5-6-26(15,24)25)17(23)21-10-2-3-13(19)14(20)8-10;/h1-4,7-8,22H,5-6H2,(H,21,23);/q;+1/p-1. The van der Waals surface area contributed by atoms with Crippen molar-refractivity contribution in [1.29, 1.82) is 0 Å². The Balaban J connectivity index is 0.00000261. The Morgan fingerprint density at radius 1 is 1.04 bits per heavy atom. The minimum Gasteiger partial charge on any atom is -0.872 e. The smallest absolute Gasteiger partial charge is 0.872 e. The molecular weight excluding hydrogens is 444 g/mol. The van der Waals surface area contributed by atoms with E-state index in [4.69, 9.17) is 34.8 Å². The molecule has 10 heteroatoms. The molecule has 0 bridgehead atoms. The second-order valence-electron chi connectivity index (χ2n) is 5.60. The number of carbonyl (C=O) groups is 1. The van der Waals surface area contributed by atoms with Crippen molar-refractivity contribution in [2.24, 2.45) is 0 Å². The number of anilines is 1. The number of halogens is 3. The fourth-order valence-electron chi connectivity index (χ4n) is 2.57. The summed E-state index contributed by atoms with van der Waals surface area (Å²) in [6.07, 6.45) is -0.208. The number of fused-ring (bicyclic) bond motifs is 1. The Morgan fingerprint density at radius 2 is 1.74 bits per heavy atom. The van der Waals surface area contributed by atoms with Gasteiger partial charge in [-0.15, -0.1) is 0 Å². The molecule has 2 aromatic carbocycles.